The van der Waals surface area contributed by atoms with Gasteiger partial charge >= 0.3 is 0 Å². The van der Waals surface area contributed by atoms with Gasteiger partial charge in [-0.3, -0.25) is 0 Å². The van der Waals surface area contributed by atoms with E-state index in [0.717, 1.165) is 5.56 Å². The topological polar surface area (TPSA) is 67.2 Å². The van der Waals surface area contributed by atoms with Gasteiger partial charge in [-0.2, -0.15) is 5.26 Å². The molecular formula is C14H18ClNO3S. The van der Waals surface area contributed by atoms with Gasteiger partial charge in [0, 0.05) is 10.7 Å². The third-order valence-electron chi connectivity index (χ3n) is 2.98. The zero-order valence-corrected chi connectivity index (χ0v) is 13.5. The maximum atomic E-state index is 11.5. The van der Waals surface area contributed by atoms with Crippen molar-refractivity contribution in [3.63, 3.8) is 0 Å². The molecule has 1 rings (SSSR count). The minimum atomic E-state index is -3.79. The van der Waals surface area contributed by atoms with Crippen molar-refractivity contribution in [2.45, 2.75) is 51.0 Å². The van der Waals surface area contributed by atoms with Crippen molar-refractivity contribution in [3.05, 3.63) is 23.3 Å². The summed E-state index contributed by atoms with van der Waals surface area (Å²) in [6.07, 6.45) is 0.00758. The lowest BCUT2D eigenvalue weighted by Crippen LogP contribution is -2.14. The quantitative estimate of drug-likeness (QED) is 0.776. The number of hydrogen-bond donors (Lipinski definition) is 0. The molecule has 0 spiro atoms. The molecule has 0 amide bonds. The maximum absolute atomic E-state index is 11.5. The Labute approximate surface area is 124 Å². The molecule has 1 atom stereocenters. The van der Waals surface area contributed by atoms with Crippen LogP contribution in [0, 0.1) is 18.3 Å². The lowest BCUT2D eigenvalue weighted by atomic mass is 10.0. The smallest absolute Gasteiger partial charge is 0.261 e. The van der Waals surface area contributed by atoms with Crippen LogP contribution in [-0.4, -0.2) is 14.5 Å². The Morgan fingerprint density at radius 1 is 1.40 bits per heavy atom. The number of halogens is 1. The number of ether oxygens (including phenoxy) is 1. The van der Waals surface area contributed by atoms with Crippen molar-refractivity contribution in [2.75, 3.05) is 0 Å². The fraction of sp³-hybridized carbons (Fsp3) is 0.500. The van der Waals surface area contributed by atoms with E-state index in [4.69, 9.17) is 20.7 Å². The number of benzene rings is 1. The Bertz CT molecular complexity index is 633. The standard InChI is InChI=1S/C14H18ClNO3S/c1-5-11(8-16)19-13-6-10(4)14(20(15,17)18)7-12(13)9(2)3/h6-7,9,11H,5H2,1-4H3. The lowest BCUT2D eigenvalue weighted by Gasteiger charge is -2.18. The molecular weight excluding hydrogens is 298 g/mol. The first-order valence-corrected chi connectivity index (χ1v) is 8.67. The van der Waals surface area contributed by atoms with Crippen LogP contribution in [0.15, 0.2) is 17.0 Å². The first-order chi connectivity index (χ1) is 9.20. The van der Waals surface area contributed by atoms with Gasteiger partial charge in [-0.15, -0.1) is 0 Å². The second-order valence-electron chi connectivity index (χ2n) is 4.89. The summed E-state index contributed by atoms with van der Waals surface area (Å²) in [6, 6.07) is 5.22. The number of rotatable bonds is 5. The van der Waals surface area contributed by atoms with E-state index in [2.05, 4.69) is 6.07 Å². The van der Waals surface area contributed by atoms with Gasteiger partial charge in [0.05, 0.1) is 4.90 Å². The van der Waals surface area contributed by atoms with Crippen molar-refractivity contribution in [1.29, 1.82) is 5.26 Å². The summed E-state index contributed by atoms with van der Waals surface area (Å²) in [6.45, 7) is 7.36. The van der Waals surface area contributed by atoms with E-state index in [1.807, 2.05) is 20.8 Å². The van der Waals surface area contributed by atoms with Crippen LogP contribution in [-0.2, 0) is 9.05 Å². The number of aryl methyl sites for hydroxylation is 1. The van der Waals surface area contributed by atoms with Crippen LogP contribution in [0.2, 0.25) is 0 Å². The highest BCUT2D eigenvalue weighted by Gasteiger charge is 2.20. The molecule has 0 saturated carbocycles. The van der Waals surface area contributed by atoms with E-state index >= 15 is 0 Å². The van der Waals surface area contributed by atoms with Crippen LogP contribution < -0.4 is 4.74 Å². The predicted octanol–water partition coefficient (Wildman–Crippen LogP) is 3.73. The summed E-state index contributed by atoms with van der Waals surface area (Å²) in [5.74, 6) is 0.592. The molecule has 6 heteroatoms. The Morgan fingerprint density at radius 2 is 2.00 bits per heavy atom. The molecule has 110 valence electrons. The van der Waals surface area contributed by atoms with Crippen LogP contribution >= 0.6 is 10.7 Å². The normalized spacial score (nSPS) is 13.1. The molecule has 1 unspecified atom stereocenters. The van der Waals surface area contributed by atoms with Gasteiger partial charge in [0.15, 0.2) is 6.10 Å². The molecule has 0 aromatic heterocycles. The van der Waals surface area contributed by atoms with Gasteiger partial charge in [0.2, 0.25) is 0 Å². The molecule has 1 aromatic carbocycles. The lowest BCUT2D eigenvalue weighted by molar-refractivity contribution is 0.248. The van der Waals surface area contributed by atoms with Crippen molar-refractivity contribution in [1.82, 2.24) is 0 Å². The Hall–Kier alpha value is -1.25. The Kier molecular flexibility index (Phi) is 5.43. The van der Waals surface area contributed by atoms with E-state index in [9.17, 15) is 8.42 Å². The fourth-order valence-electron chi connectivity index (χ4n) is 1.85. The van der Waals surface area contributed by atoms with Crippen LogP contribution in [0.4, 0.5) is 0 Å². The predicted molar refractivity (Wildman–Crippen MR) is 78.6 cm³/mol. The van der Waals surface area contributed by atoms with Gasteiger partial charge in [0.25, 0.3) is 9.05 Å². The van der Waals surface area contributed by atoms with Crippen LogP contribution in [0.25, 0.3) is 0 Å². The molecule has 0 saturated heterocycles. The molecule has 0 aliphatic heterocycles. The molecule has 4 nitrogen and oxygen atoms in total. The summed E-state index contributed by atoms with van der Waals surface area (Å²) < 4.78 is 28.7. The summed E-state index contributed by atoms with van der Waals surface area (Å²) in [5, 5.41) is 8.98. The zero-order valence-electron chi connectivity index (χ0n) is 12.0. The van der Waals surface area contributed by atoms with E-state index in [1.54, 1.807) is 13.0 Å². The molecule has 0 N–H and O–H groups in total. The zero-order chi connectivity index (χ0) is 15.5. The number of nitrogens with zero attached hydrogens (tertiary/aromatic N) is 1. The molecule has 0 fully saturated rings. The first-order valence-electron chi connectivity index (χ1n) is 6.36. The minimum absolute atomic E-state index is 0.0546. The second kappa shape index (κ2) is 6.47. The molecule has 0 radical (unpaired) electrons. The third-order valence-corrected chi connectivity index (χ3v) is 4.44. The van der Waals surface area contributed by atoms with Crippen molar-refractivity contribution >= 4 is 19.7 Å². The summed E-state index contributed by atoms with van der Waals surface area (Å²) >= 11 is 0. The number of hydrogen-bond acceptors (Lipinski definition) is 4. The van der Waals surface area contributed by atoms with Gasteiger partial charge in [-0.05, 0) is 42.5 Å². The highest BCUT2D eigenvalue weighted by molar-refractivity contribution is 8.13. The van der Waals surface area contributed by atoms with Crippen LogP contribution in [0.5, 0.6) is 5.75 Å². The van der Waals surface area contributed by atoms with Gasteiger partial charge in [0.1, 0.15) is 11.8 Å². The highest BCUT2D eigenvalue weighted by Crippen LogP contribution is 2.33. The first kappa shape index (κ1) is 16.8. The molecule has 0 bridgehead atoms. The number of nitriles is 1. The van der Waals surface area contributed by atoms with E-state index in [-0.39, 0.29) is 10.8 Å². The van der Waals surface area contributed by atoms with Crippen molar-refractivity contribution in [2.24, 2.45) is 0 Å². The highest BCUT2D eigenvalue weighted by atomic mass is 35.7. The molecule has 1 aromatic rings. The SMILES string of the molecule is CCC(C#N)Oc1cc(C)c(S(=O)(=O)Cl)cc1C(C)C. The average Bonchev–Trinajstić information content (AvgIpc) is 2.33. The molecule has 0 aliphatic carbocycles. The maximum Gasteiger partial charge on any atom is 0.261 e. The van der Waals surface area contributed by atoms with E-state index in [0.29, 0.717) is 17.7 Å². The van der Waals surface area contributed by atoms with Crippen LogP contribution in [0.3, 0.4) is 0 Å². The molecule has 0 heterocycles. The van der Waals surface area contributed by atoms with Crippen molar-refractivity contribution in [3.8, 4) is 11.8 Å². The Morgan fingerprint density at radius 3 is 2.40 bits per heavy atom. The summed E-state index contributed by atoms with van der Waals surface area (Å²) in [7, 11) is 1.64. The Balaban J connectivity index is 3.40. The van der Waals surface area contributed by atoms with E-state index in [1.165, 1.54) is 6.07 Å². The fourth-order valence-corrected chi connectivity index (χ4v) is 3.06. The van der Waals surface area contributed by atoms with Crippen LogP contribution in [0.1, 0.15) is 44.2 Å². The van der Waals surface area contributed by atoms with Crippen molar-refractivity contribution < 1.29 is 13.2 Å². The largest absolute Gasteiger partial charge is 0.475 e. The van der Waals surface area contributed by atoms with Gasteiger partial charge in [-0.1, -0.05) is 20.8 Å². The van der Waals surface area contributed by atoms with E-state index < -0.39 is 15.2 Å². The van der Waals surface area contributed by atoms with Gasteiger partial charge < -0.3 is 4.74 Å². The minimum Gasteiger partial charge on any atom is -0.475 e. The summed E-state index contributed by atoms with van der Waals surface area (Å²) in [5.41, 5.74) is 1.23. The molecule has 0 aliphatic rings. The second-order valence-corrected chi connectivity index (χ2v) is 7.43. The third kappa shape index (κ3) is 3.87. The average molecular weight is 316 g/mol. The summed E-state index contributed by atoms with van der Waals surface area (Å²) in [4.78, 5) is 0.0835. The molecule has 20 heavy (non-hydrogen) atoms. The van der Waals surface area contributed by atoms with Gasteiger partial charge in [-0.25, -0.2) is 8.42 Å². The monoisotopic (exact) mass is 315 g/mol.